The van der Waals surface area contributed by atoms with Gasteiger partial charge in [-0.15, -0.1) is 0 Å². The van der Waals surface area contributed by atoms with Gasteiger partial charge in [-0.2, -0.15) is 0 Å². The number of nitrogens with zero attached hydrogens (tertiary/aromatic N) is 1. The van der Waals surface area contributed by atoms with Crippen molar-refractivity contribution in [2.45, 2.75) is 57.8 Å². The maximum atomic E-state index is 12.5. The summed E-state index contributed by atoms with van der Waals surface area (Å²) in [4.78, 5) is 26.6. The van der Waals surface area contributed by atoms with Crippen LogP contribution in [0.15, 0.2) is 30.3 Å². The molecule has 1 saturated heterocycles. The Morgan fingerprint density at radius 1 is 1.22 bits per heavy atom. The molecule has 3 atom stereocenters. The van der Waals surface area contributed by atoms with E-state index < -0.39 is 11.6 Å². The van der Waals surface area contributed by atoms with Crippen molar-refractivity contribution in [3.05, 3.63) is 35.9 Å². The molecule has 5 nitrogen and oxygen atoms in total. The summed E-state index contributed by atoms with van der Waals surface area (Å²) in [7, 11) is 0. The lowest BCUT2D eigenvalue weighted by Gasteiger charge is -2.29. The summed E-state index contributed by atoms with van der Waals surface area (Å²) in [5, 5.41) is 2.94. The highest BCUT2D eigenvalue weighted by molar-refractivity contribution is 5.87. The molecule has 0 spiro atoms. The zero-order valence-electron chi connectivity index (χ0n) is 13.9. The van der Waals surface area contributed by atoms with E-state index in [1.807, 2.05) is 51.1 Å². The number of fused-ring (bicyclic) bond motifs is 1. The Morgan fingerprint density at radius 3 is 2.57 bits per heavy atom. The Labute approximate surface area is 137 Å². The van der Waals surface area contributed by atoms with Gasteiger partial charge < -0.3 is 10.1 Å². The number of ether oxygens (including phenoxy) is 1. The van der Waals surface area contributed by atoms with Crippen LogP contribution in [0, 0.1) is 5.92 Å². The molecule has 1 aliphatic carbocycles. The summed E-state index contributed by atoms with van der Waals surface area (Å²) < 4.78 is 5.47. The Hall–Kier alpha value is -2.04. The molecule has 1 saturated carbocycles. The van der Waals surface area contributed by atoms with Crippen LogP contribution in [0.25, 0.3) is 0 Å². The van der Waals surface area contributed by atoms with Crippen LogP contribution in [0.1, 0.15) is 39.2 Å². The minimum Gasteiger partial charge on any atom is -0.444 e. The first kappa shape index (κ1) is 15.8. The molecule has 2 aliphatic rings. The standard InChI is InChI=1S/C18H24N2O3/c1-18(2,3)23-17(22)20-14-9-13(14)10-15(20)16(21)19-11-12-7-5-4-6-8-12/h4-8,13-15H,9-11H2,1-3H3,(H,19,21). The Morgan fingerprint density at radius 2 is 1.91 bits per heavy atom. The molecule has 5 heteroatoms. The molecule has 1 heterocycles. The molecular weight excluding hydrogens is 292 g/mol. The highest BCUT2D eigenvalue weighted by Crippen LogP contribution is 2.48. The number of likely N-dealkylation sites (tertiary alicyclic amines) is 1. The second kappa shape index (κ2) is 5.87. The van der Waals surface area contributed by atoms with Gasteiger partial charge in [0.25, 0.3) is 0 Å². The zero-order valence-corrected chi connectivity index (χ0v) is 13.9. The third kappa shape index (κ3) is 3.66. The van der Waals surface area contributed by atoms with Crippen LogP contribution < -0.4 is 5.32 Å². The van der Waals surface area contributed by atoms with Gasteiger partial charge in [0.15, 0.2) is 0 Å². The predicted octanol–water partition coefficient (Wildman–Crippen LogP) is 2.70. The normalized spacial score (nSPS) is 25.7. The van der Waals surface area contributed by atoms with E-state index in [4.69, 9.17) is 4.74 Å². The van der Waals surface area contributed by atoms with Crippen LogP contribution in [0.3, 0.4) is 0 Å². The quantitative estimate of drug-likeness (QED) is 0.933. The SMILES string of the molecule is CC(C)(C)OC(=O)N1C(C(=O)NCc2ccccc2)CC2CC21. The summed E-state index contributed by atoms with van der Waals surface area (Å²) in [6.07, 6.45) is 1.36. The molecule has 3 unspecified atom stereocenters. The number of carbonyl (C=O) groups is 2. The number of hydrogen-bond acceptors (Lipinski definition) is 3. The molecule has 2 amide bonds. The Balaban J connectivity index is 1.62. The summed E-state index contributed by atoms with van der Waals surface area (Å²) in [6, 6.07) is 9.55. The monoisotopic (exact) mass is 316 g/mol. The minimum atomic E-state index is -0.547. The fraction of sp³-hybridized carbons (Fsp3) is 0.556. The van der Waals surface area contributed by atoms with Crippen LogP contribution in [0.2, 0.25) is 0 Å². The lowest BCUT2D eigenvalue weighted by molar-refractivity contribution is -0.126. The van der Waals surface area contributed by atoms with E-state index >= 15 is 0 Å². The molecule has 1 N–H and O–H groups in total. The summed E-state index contributed by atoms with van der Waals surface area (Å²) >= 11 is 0. The van der Waals surface area contributed by atoms with Gasteiger partial charge in [-0.05, 0) is 45.1 Å². The van der Waals surface area contributed by atoms with Gasteiger partial charge in [-0.25, -0.2) is 4.79 Å². The van der Waals surface area contributed by atoms with E-state index in [1.54, 1.807) is 4.90 Å². The first-order chi connectivity index (χ1) is 10.8. The number of piperidine rings is 1. The Bertz CT molecular complexity index is 594. The van der Waals surface area contributed by atoms with E-state index in [9.17, 15) is 9.59 Å². The van der Waals surface area contributed by atoms with Crippen LogP contribution in [0.5, 0.6) is 0 Å². The fourth-order valence-electron chi connectivity index (χ4n) is 3.17. The third-order valence-corrected chi connectivity index (χ3v) is 4.32. The second-order valence-electron chi connectivity index (χ2n) is 7.41. The maximum Gasteiger partial charge on any atom is 0.411 e. The van der Waals surface area contributed by atoms with Gasteiger partial charge in [0.1, 0.15) is 11.6 Å². The minimum absolute atomic E-state index is 0.0908. The first-order valence-corrected chi connectivity index (χ1v) is 8.18. The van der Waals surface area contributed by atoms with Gasteiger partial charge in [0.05, 0.1) is 0 Å². The van der Waals surface area contributed by atoms with Crippen molar-refractivity contribution in [1.82, 2.24) is 10.2 Å². The molecule has 1 aromatic rings. The zero-order chi connectivity index (χ0) is 16.6. The van der Waals surface area contributed by atoms with Gasteiger partial charge >= 0.3 is 6.09 Å². The van der Waals surface area contributed by atoms with Gasteiger partial charge in [0.2, 0.25) is 5.91 Å². The fourth-order valence-corrected chi connectivity index (χ4v) is 3.17. The number of carbonyl (C=O) groups excluding carboxylic acids is 2. The van der Waals surface area contributed by atoms with Crippen LogP contribution >= 0.6 is 0 Å². The van der Waals surface area contributed by atoms with E-state index in [0.717, 1.165) is 18.4 Å². The van der Waals surface area contributed by atoms with Crippen molar-refractivity contribution in [3.8, 4) is 0 Å². The molecule has 1 aromatic carbocycles. The van der Waals surface area contributed by atoms with Crippen molar-refractivity contribution in [1.29, 1.82) is 0 Å². The van der Waals surface area contributed by atoms with Crippen LogP contribution in [-0.4, -0.2) is 34.6 Å². The van der Waals surface area contributed by atoms with Crippen molar-refractivity contribution in [2.24, 2.45) is 5.92 Å². The number of hydrogen-bond donors (Lipinski definition) is 1. The molecular formula is C18H24N2O3. The lowest BCUT2D eigenvalue weighted by Crippen LogP contribution is -2.49. The average molecular weight is 316 g/mol. The van der Waals surface area contributed by atoms with Gasteiger partial charge in [0, 0.05) is 12.6 Å². The molecule has 2 fully saturated rings. The highest BCUT2D eigenvalue weighted by Gasteiger charge is 2.57. The highest BCUT2D eigenvalue weighted by atomic mass is 16.6. The van der Waals surface area contributed by atoms with Crippen molar-refractivity contribution in [3.63, 3.8) is 0 Å². The van der Waals surface area contributed by atoms with E-state index in [1.165, 1.54) is 0 Å². The van der Waals surface area contributed by atoms with Crippen molar-refractivity contribution >= 4 is 12.0 Å². The Kier molecular flexibility index (Phi) is 4.04. The molecule has 0 radical (unpaired) electrons. The molecule has 0 bridgehead atoms. The average Bonchev–Trinajstić information content (AvgIpc) is 3.14. The number of rotatable bonds is 3. The number of amides is 2. The van der Waals surface area contributed by atoms with E-state index in [0.29, 0.717) is 12.5 Å². The van der Waals surface area contributed by atoms with Crippen LogP contribution in [-0.2, 0) is 16.1 Å². The molecule has 1 aliphatic heterocycles. The maximum absolute atomic E-state index is 12.5. The summed E-state index contributed by atoms with van der Waals surface area (Å²) in [5.41, 5.74) is 0.502. The van der Waals surface area contributed by atoms with Crippen molar-refractivity contribution in [2.75, 3.05) is 0 Å². The van der Waals surface area contributed by atoms with Crippen LogP contribution in [0.4, 0.5) is 4.79 Å². The summed E-state index contributed by atoms with van der Waals surface area (Å²) in [6.45, 7) is 6.01. The smallest absolute Gasteiger partial charge is 0.411 e. The van der Waals surface area contributed by atoms with E-state index in [-0.39, 0.29) is 18.0 Å². The third-order valence-electron chi connectivity index (χ3n) is 4.32. The lowest BCUT2D eigenvalue weighted by atomic mass is 10.1. The molecule has 23 heavy (non-hydrogen) atoms. The largest absolute Gasteiger partial charge is 0.444 e. The van der Waals surface area contributed by atoms with E-state index in [2.05, 4.69) is 5.32 Å². The molecule has 124 valence electrons. The van der Waals surface area contributed by atoms with Gasteiger partial charge in [-0.3, -0.25) is 9.69 Å². The number of nitrogens with one attached hydrogen (secondary N) is 1. The first-order valence-electron chi connectivity index (χ1n) is 8.18. The number of benzene rings is 1. The predicted molar refractivity (Wildman–Crippen MR) is 86.7 cm³/mol. The second-order valence-corrected chi connectivity index (χ2v) is 7.41. The topological polar surface area (TPSA) is 58.6 Å². The molecule has 0 aromatic heterocycles. The molecule has 3 rings (SSSR count). The van der Waals surface area contributed by atoms with Crippen molar-refractivity contribution < 1.29 is 14.3 Å². The van der Waals surface area contributed by atoms with Gasteiger partial charge in [-0.1, -0.05) is 30.3 Å². The summed E-state index contributed by atoms with van der Waals surface area (Å²) in [5.74, 6) is 0.363.